The highest BCUT2D eigenvalue weighted by molar-refractivity contribution is 6.33. The molecule has 2 aromatic carbocycles. The first kappa shape index (κ1) is 25.0. The average molecular weight is 483 g/mol. The lowest BCUT2D eigenvalue weighted by Crippen LogP contribution is -2.24. The summed E-state index contributed by atoms with van der Waals surface area (Å²) in [7, 11) is 4.07. The molecule has 0 aromatic heterocycles. The Hall–Kier alpha value is -4.12. The van der Waals surface area contributed by atoms with Crippen molar-refractivity contribution in [2.75, 3.05) is 37.9 Å². The Kier molecular flexibility index (Phi) is 8.01. The highest BCUT2D eigenvalue weighted by Crippen LogP contribution is 2.37. The molecule has 0 radical (unpaired) electrons. The molecule has 0 saturated heterocycles. The SMILES string of the molecule is CN(C)Cc1ccc(N/C(C2=CCCC=C2)=C2\C(=O)Nc3cc(C#CC(=O)NCCO)ccc32)cc1. The summed E-state index contributed by atoms with van der Waals surface area (Å²) in [6, 6.07) is 13.6. The number of nitrogens with zero attached hydrogens (tertiary/aromatic N) is 1. The van der Waals surface area contributed by atoms with Crippen LogP contribution in [0.2, 0.25) is 0 Å². The lowest BCUT2D eigenvalue weighted by Gasteiger charge is -2.18. The topological polar surface area (TPSA) is 93.7 Å². The van der Waals surface area contributed by atoms with Crippen molar-refractivity contribution in [2.45, 2.75) is 19.4 Å². The lowest BCUT2D eigenvalue weighted by molar-refractivity contribution is -0.115. The minimum Gasteiger partial charge on any atom is -0.395 e. The standard InChI is InChI=1S/C29H30N4O3/c1-33(2)19-21-8-12-23(13-9-21)31-28(22-6-4-3-5-7-22)27-24-14-10-20(18-25(24)32-29(27)36)11-15-26(35)30-16-17-34/h4,6-10,12-14,18,31,34H,3,5,16-17,19H2,1-2H3,(H,30,35)(H,32,36)/b28-27-. The van der Waals surface area contributed by atoms with E-state index in [0.29, 0.717) is 16.8 Å². The van der Waals surface area contributed by atoms with Gasteiger partial charge < -0.3 is 26.0 Å². The van der Waals surface area contributed by atoms with Gasteiger partial charge in [0.1, 0.15) is 0 Å². The van der Waals surface area contributed by atoms with Gasteiger partial charge in [0, 0.05) is 35.8 Å². The second-order valence-corrected chi connectivity index (χ2v) is 8.89. The third-order valence-electron chi connectivity index (χ3n) is 5.74. The number of carbonyl (C=O) groups is 2. The minimum absolute atomic E-state index is 0.143. The zero-order valence-electron chi connectivity index (χ0n) is 20.5. The summed E-state index contributed by atoms with van der Waals surface area (Å²) in [4.78, 5) is 27.0. The van der Waals surface area contributed by atoms with Crippen molar-refractivity contribution in [1.29, 1.82) is 0 Å². The van der Waals surface area contributed by atoms with E-state index in [-0.39, 0.29) is 19.1 Å². The molecular formula is C29H30N4O3. The summed E-state index contributed by atoms with van der Waals surface area (Å²) in [5.74, 6) is 4.66. The predicted octanol–water partition coefficient (Wildman–Crippen LogP) is 3.26. The number of anilines is 2. The van der Waals surface area contributed by atoms with Crippen LogP contribution >= 0.6 is 0 Å². The summed E-state index contributed by atoms with van der Waals surface area (Å²) < 4.78 is 0. The maximum absolute atomic E-state index is 13.2. The Morgan fingerprint density at radius 2 is 1.94 bits per heavy atom. The molecular weight excluding hydrogens is 452 g/mol. The number of carbonyl (C=O) groups excluding carboxylic acids is 2. The fourth-order valence-corrected chi connectivity index (χ4v) is 4.12. The van der Waals surface area contributed by atoms with Gasteiger partial charge in [0.15, 0.2) is 0 Å². The average Bonchev–Trinajstić information content (AvgIpc) is 3.20. The number of aliphatic hydroxyl groups is 1. The number of rotatable bonds is 7. The largest absolute Gasteiger partial charge is 0.395 e. The molecule has 4 N–H and O–H groups in total. The molecule has 184 valence electrons. The van der Waals surface area contributed by atoms with Crippen molar-refractivity contribution in [3.8, 4) is 11.8 Å². The van der Waals surface area contributed by atoms with Crippen LogP contribution in [-0.4, -0.2) is 49.1 Å². The van der Waals surface area contributed by atoms with Crippen molar-refractivity contribution in [1.82, 2.24) is 10.2 Å². The molecule has 7 heteroatoms. The van der Waals surface area contributed by atoms with Crippen molar-refractivity contribution in [2.24, 2.45) is 0 Å². The summed E-state index contributed by atoms with van der Waals surface area (Å²) in [6.07, 6.45) is 8.20. The molecule has 0 saturated carbocycles. The Bertz CT molecular complexity index is 1310. The van der Waals surface area contributed by atoms with Crippen LogP contribution in [0.15, 0.2) is 72.0 Å². The molecule has 4 rings (SSSR count). The summed E-state index contributed by atoms with van der Waals surface area (Å²) in [5, 5.41) is 17.8. The van der Waals surface area contributed by atoms with Crippen LogP contribution in [0, 0.1) is 11.8 Å². The van der Waals surface area contributed by atoms with E-state index in [1.165, 1.54) is 5.56 Å². The first-order valence-corrected chi connectivity index (χ1v) is 11.9. The molecule has 2 aliphatic rings. The summed E-state index contributed by atoms with van der Waals surface area (Å²) in [5.41, 5.74) is 6.44. The molecule has 1 aliphatic carbocycles. The fourth-order valence-electron chi connectivity index (χ4n) is 4.12. The number of amides is 2. The number of hydrogen-bond acceptors (Lipinski definition) is 5. The van der Waals surface area contributed by atoms with Gasteiger partial charge in [0.05, 0.1) is 23.6 Å². The number of aliphatic hydroxyl groups excluding tert-OH is 1. The molecule has 1 aliphatic heterocycles. The van der Waals surface area contributed by atoms with E-state index in [0.717, 1.165) is 41.9 Å². The fraction of sp³-hybridized carbons (Fsp3) is 0.241. The van der Waals surface area contributed by atoms with Gasteiger partial charge in [-0.25, -0.2) is 0 Å². The molecule has 0 bridgehead atoms. The van der Waals surface area contributed by atoms with E-state index < -0.39 is 5.91 Å². The van der Waals surface area contributed by atoms with Crippen LogP contribution in [-0.2, 0) is 16.1 Å². The van der Waals surface area contributed by atoms with Gasteiger partial charge in [-0.05, 0) is 62.3 Å². The van der Waals surface area contributed by atoms with Crippen LogP contribution in [0.4, 0.5) is 11.4 Å². The van der Waals surface area contributed by atoms with Crippen LogP contribution in [0.1, 0.15) is 29.5 Å². The third-order valence-corrected chi connectivity index (χ3v) is 5.74. The number of nitrogens with one attached hydrogen (secondary N) is 3. The molecule has 0 spiro atoms. The monoisotopic (exact) mass is 482 g/mol. The number of fused-ring (bicyclic) bond motifs is 1. The van der Waals surface area contributed by atoms with E-state index >= 15 is 0 Å². The molecule has 2 aromatic rings. The quantitative estimate of drug-likeness (QED) is 0.359. The van der Waals surface area contributed by atoms with Crippen LogP contribution < -0.4 is 16.0 Å². The minimum atomic E-state index is -0.465. The highest BCUT2D eigenvalue weighted by atomic mass is 16.3. The highest BCUT2D eigenvalue weighted by Gasteiger charge is 2.29. The molecule has 0 unspecified atom stereocenters. The van der Waals surface area contributed by atoms with Gasteiger partial charge in [0.2, 0.25) is 0 Å². The second-order valence-electron chi connectivity index (χ2n) is 8.89. The van der Waals surface area contributed by atoms with Crippen molar-refractivity contribution < 1.29 is 14.7 Å². The Morgan fingerprint density at radius 3 is 2.64 bits per heavy atom. The van der Waals surface area contributed by atoms with Gasteiger partial charge in [-0.2, -0.15) is 0 Å². The Labute approximate surface area is 211 Å². The van der Waals surface area contributed by atoms with Gasteiger partial charge in [-0.15, -0.1) is 0 Å². The van der Waals surface area contributed by atoms with Crippen molar-refractivity contribution in [3.63, 3.8) is 0 Å². The predicted molar refractivity (Wildman–Crippen MR) is 143 cm³/mol. The van der Waals surface area contributed by atoms with E-state index in [1.54, 1.807) is 12.1 Å². The Balaban J connectivity index is 1.68. The smallest absolute Gasteiger partial charge is 0.296 e. The first-order chi connectivity index (χ1) is 17.4. The normalized spacial score (nSPS) is 15.4. The zero-order valence-corrected chi connectivity index (χ0v) is 20.5. The number of allylic oxidation sites excluding steroid dienone is 3. The van der Waals surface area contributed by atoms with Gasteiger partial charge in [0.25, 0.3) is 11.8 Å². The molecule has 0 fully saturated rings. The maximum atomic E-state index is 13.2. The number of hydrogen-bond donors (Lipinski definition) is 4. The van der Waals surface area contributed by atoms with E-state index in [4.69, 9.17) is 5.11 Å². The van der Waals surface area contributed by atoms with Crippen LogP contribution in [0.3, 0.4) is 0 Å². The summed E-state index contributed by atoms with van der Waals surface area (Å²) >= 11 is 0. The molecule has 2 amide bonds. The first-order valence-electron chi connectivity index (χ1n) is 11.9. The zero-order chi connectivity index (χ0) is 25.5. The molecule has 1 heterocycles. The lowest BCUT2D eigenvalue weighted by atomic mass is 9.96. The van der Waals surface area contributed by atoms with E-state index in [2.05, 4.69) is 63.1 Å². The van der Waals surface area contributed by atoms with E-state index in [9.17, 15) is 9.59 Å². The molecule has 7 nitrogen and oxygen atoms in total. The third kappa shape index (κ3) is 6.11. The molecule has 36 heavy (non-hydrogen) atoms. The van der Waals surface area contributed by atoms with E-state index in [1.807, 2.05) is 32.3 Å². The van der Waals surface area contributed by atoms with Crippen molar-refractivity contribution >= 4 is 28.8 Å². The second kappa shape index (κ2) is 11.5. The van der Waals surface area contributed by atoms with Gasteiger partial charge in [-0.3, -0.25) is 9.59 Å². The maximum Gasteiger partial charge on any atom is 0.296 e. The van der Waals surface area contributed by atoms with Crippen LogP contribution in [0.25, 0.3) is 5.57 Å². The van der Waals surface area contributed by atoms with Gasteiger partial charge in [-0.1, -0.05) is 42.3 Å². The Morgan fingerprint density at radius 1 is 1.14 bits per heavy atom. The van der Waals surface area contributed by atoms with Gasteiger partial charge >= 0.3 is 0 Å². The number of benzene rings is 2. The molecule has 0 atom stereocenters. The van der Waals surface area contributed by atoms with Crippen LogP contribution in [0.5, 0.6) is 0 Å². The van der Waals surface area contributed by atoms with Crippen molar-refractivity contribution in [3.05, 3.63) is 88.7 Å². The summed E-state index contributed by atoms with van der Waals surface area (Å²) in [6.45, 7) is 0.863.